The van der Waals surface area contributed by atoms with E-state index in [0.29, 0.717) is 0 Å². The van der Waals surface area contributed by atoms with Crippen LogP contribution < -0.4 is 0 Å². The molecule has 1 heteroatoms. The highest BCUT2D eigenvalue weighted by Gasteiger charge is 2.45. The Morgan fingerprint density at radius 2 is 1.29 bits per heavy atom. The molecule has 0 aliphatic heterocycles. The number of aliphatic hydroxyl groups is 1. The monoisotopic (exact) mass is 282 g/mol. The molecule has 0 amide bonds. The summed E-state index contributed by atoms with van der Waals surface area (Å²) in [5, 5.41) is 11.3. The first kappa shape index (κ1) is 15.8. The van der Waals surface area contributed by atoms with Gasteiger partial charge in [-0.2, -0.15) is 0 Å². The minimum absolute atomic E-state index is 0.293. The number of benzene rings is 2. The molecule has 0 radical (unpaired) electrons. The van der Waals surface area contributed by atoms with Gasteiger partial charge in [-0.15, -0.1) is 0 Å². The van der Waals surface area contributed by atoms with E-state index >= 15 is 0 Å². The molecule has 0 aliphatic rings. The molecular weight excluding hydrogens is 256 g/mol. The highest BCUT2D eigenvalue weighted by Crippen LogP contribution is 2.42. The van der Waals surface area contributed by atoms with E-state index in [1.165, 1.54) is 11.1 Å². The highest BCUT2D eigenvalue weighted by atomic mass is 16.3. The first-order chi connectivity index (χ1) is 10.1. The molecule has 1 unspecified atom stereocenters. The second-order valence-corrected chi connectivity index (χ2v) is 6.10. The zero-order valence-electron chi connectivity index (χ0n) is 13.3. The van der Waals surface area contributed by atoms with Crippen LogP contribution in [0, 0.1) is 0 Å². The van der Waals surface area contributed by atoms with Crippen molar-refractivity contribution >= 4 is 0 Å². The molecule has 1 N–H and O–H groups in total. The molecule has 0 spiro atoms. The van der Waals surface area contributed by atoms with Crippen molar-refractivity contribution in [2.24, 2.45) is 0 Å². The van der Waals surface area contributed by atoms with Crippen molar-refractivity contribution in [2.45, 2.75) is 51.0 Å². The fourth-order valence-electron chi connectivity index (χ4n) is 3.38. The molecule has 112 valence electrons. The van der Waals surface area contributed by atoms with Gasteiger partial charge in [0.2, 0.25) is 0 Å². The molecule has 0 saturated heterocycles. The molecule has 1 nitrogen and oxygen atoms in total. The van der Waals surface area contributed by atoms with Crippen LogP contribution in [0.4, 0.5) is 0 Å². The summed E-state index contributed by atoms with van der Waals surface area (Å²) in [7, 11) is 0. The van der Waals surface area contributed by atoms with Crippen molar-refractivity contribution in [3.63, 3.8) is 0 Å². The Kier molecular flexibility index (Phi) is 4.84. The van der Waals surface area contributed by atoms with Crippen molar-refractivity contribution in [3.8, 4) is 0 Å². The lowest BCUT2D eigenvalue weighted by molar-refractivity contribution is -0.0407. The summed E-state index contributed by atoms with van der Waals surface area (Å²) in [6.07, 6.45) is 2.35. The van der Waals surface area contributed by atoms with Crippen molar-refractivity contribution in [3.05, 3.63) is 71.8 Å². The van der Waals surface area contributed by atoms with Crippen molar-refractivity contribution in [2.75, 3.05) is 0 Å². The van der Waals surface area contributed by atoms with Crippen LogP contribution in [0.3, 0.4) is 0 Å². The lowest BCUT2D eigenvalue weighted by Gasteiger charge is -2.45. The second kappa shape index (κ2) is 6.44. The topological polar surface area (TPSA) is 20.2 Å². The molecule has 2 aromatic carbocycles. The Bertz CT molecular complexity index is 543. The molecule has 2 rings (SSSR count). The summed E-state index contributed by atoms with van der Waals surface area (Å²) in [5.74, 6) is 0. The van der Waals surface area contributed by atoms with Crippen LogP contribution in [0.5, 0.6) is 0 Å². The van der Waals surface area contributed by atoms with Crippen LogP contribution in [0.1, 0.15) is 44.7 Å². The summed E-state index contributed by atoms with van der Waals surface area (Å²) in [4.78, 5) is 0. The smallest absolute Gasteiger partial charge is 0.0739 e. The van der Waals surface area contributed by atoms with Gasteiger partial charge in [0.15, 0.2) is 0 Å². The summed E-state index contributed by atoms with van der Waals surface area (Å²) >= 11 is 0. The van der Waals surface area contributed by atoms with E-state index in [1.54, 1.807) is 0 Å². The Morgan fingerprint density at radius 1 is 0.810 bits per heavy atom. The SMILES string of the molecule is CCC(O)(CC)C(C)(Cc1ccccc1)c1ccccc1. The van der Waals surface area contributed by atoms with Crippen molar-refractivity contribution in [1.82, 2.24) is 0 Å². The predicted octanol–water partition coefficient (Wildman–Crippen LogP) is 4.74. The Morgan fingerprint density at radius 3 is 1.76 bits per heavy atom. The fourth-order valence-corrected chi connectivity index (χ4v) is 3.38. The van der Waals surface area contributed by atoms with Crippen LogP contribution in [-0.2, 0) is 11.8 Å². The van der Waals surface area contributed by atoms with Gasteiger partial charge in [0.05, 0.1) is 5.60 Å². The van der Waals surface area contributed by atoms with E-state index in [9.17, 15) is 5.11 Å². The molecule has 0 saturated carbocycles. The summed E-state index contributed by atoms with van der Waals surface area (Å²) in [6, 6.07) is 20.9. The van der Waals surface area contributed by atoms with Crippen LogP contribution >= 0.6 is 0 Å². The van der Waals surface area contributed by atoms with Crippen molar-refractivity contribution in [1.29, 1.82) is 0 Å². The van der Waals surface area contributed by atoms with E-state index in [1.807, 2.05) is 12.1 Å². The molecule has 0 heterocycles. The van der Waals surface area contributed by atoms with Gasteiger partial charge in [0.1, 0.15) is 0 Å². The average molecular weight is 282 g/mol. The number of hydrogen-bond donors (Lipinski definition) is 1. The van der Waals surface area contributed by atoms with Crippen molar-refractivity contribution < 1.29 is 5.11 Å². The maximum absolute atomic E-state index is 11.3. The van der Waals surface area contributed by atoms with Crippen LogP contribution in [0.25, 0.3) is 0 Å². The van der Waals surface area contributed by atoms with E-state index in [4.69, 9.17) is 0 Å². The average Bonchev–Trinajstić information content (AvgIpc) is 2.55. The highest BCUT2D eigenvalue weighted by molar-refractivity contribution is 5.32. The van der Waals surface area contributed by atoms with E-state index in [-0.39, 0.29) is 5.41 Å². The second-order valence-electron chi connectivity index (χ2n) is 6.10. The third-order valence-corrected chi connectivity index (χ3v) is 5.01. The van der Waals surface area contributed by atoms with Gasteiger partial charge in [-0.3, -0.25) is 0 Å². The van der Waals surface area contributed by atoms with E-state index < -0.39 is 5.60 Å². The number of hydrogen-bond acceptors (Lipinski definition) is 1. The minimum Gasteiger partial charge on any atom is -0.389 e. The molecule has 1 atom stereocenters. The van der Waals surface area contributed by atoms with Gasteiger partial charge in [-0.1, -0.05) is 81.4 Å². The Hall–Kier alpha value is -1.60. The maximum Gasteiger partial charge on any atom is 0.0739 e. The van der Waals surface area contributed by atoms with Crippen LogP contribution in [-0.4, -0.2) is 10.7 Å². The fraction of sp³-hybridized carbons (Fsp3) is 0.400. The van der Waals surface area contributed by atoms with Gasteiger partial charge in [0, 0.05) is 5.41 Å². The number of rotatable bonds is 6. The third-order valence-electron chi connectivity index (χ3n) is 5.01. The first-order valence-corrected chi connectivity index (χ1v) is 7.87. The standard InChI is InChI=1S/C20H26O/c1-4-20(21,5-2)19(3,18-14-10-7-11-15-18)16-17-12-8-6-9-13-17/h6-15,21H,4-5,16H2,1-3H3. The molecule has 21 heavy (non-hydrogen) atoms. The molecule has 0 fully saturated rings. The third kappa shape index (κ3) is 3.03. The summed E-state index contributed by atoms with van der Waals surface area (Å²) < 4.78 is 0. The molecule has 2 aromatic rings. The van der Waals surface area contributed by atoms with Crippen LogP contribution in [0.2, 0.25) is 0 Å². The quantitative estimate of drug-likeness (QED) is 0.811. The largest absolute Gasteiger partial charge is 0.389 e. The minimum atomic E-state index is -0.704. The first-order valence-electron chi connectivity index (χ1n) is 7.87. The van der Waals surface area contributed by atoms with Gasteiger partial charge in [-0.05, 0) is 30.4 Å². The molecule has 0 bridgehead atoms. The lowest BCUT2D eigenvalue weighted by atomic mass is 9.63. The Labute approximate surface area is 128 Å². The summed E-state index contributed by atoms with van der Waals surface area (Å²) in [5.41, 5.74) is 1.48. The predicted molar refractivity (Wildman–Crippen MR) is 89.5 cm³/mol. The molecule has 0 aliphatic carbocycles. The van der Waals surface area contributed by atoms with E-state index in [2.05, 4.69) is 69.3 Å². The van der Waals surface area contributed by atoms with E-state index in [0.717, 1.165) is 19.3 Å². The normalized spacial score (nSPS) is 14.7. The van der Waals surface area contributed by atoms with Gasteiger partial charge in [-0.25, -0.2) is 0 Å². The Balaban J connectivity index is 2.49. The maximum atomic E-state index is 11.3. The molecular formula is C20H26O. The van der Waals surface area contributed by atoms with Gasteiger partial charge >= 0.3 is 0 Å². The zero-order chi connectivity index (χ0) is 15.3. The van der Waals surface area contributed by atoms with Gasteiger partial charge < -0.3 is 5.11 Å². The zero-order valence-corrected chi connectivity index (χ0v) is 13.3. The van der Waals surface area contributed by atoms with Crippen LogP contribution in [0.15, 0.2) is 60.7 Å². The molecule has 0 aromatic heterocycles. The lowest BCUT2D eigenvalue weighted by Crippen LogP contribution is -2.50. The summed E-state index contributed by atoms with van der Waals surface area (Å²) in [6.45, 7) is 6.35. The van der Waals surface area contributed by atoms with Gasteiger partial charge in [0.25, 0.3) is 0 Å².